The number of anilines is 1. The summed E-state index contributed by atoms with van der Waals surface area (Å²) in [6.07, 6.45) is 3.71. The molecule has 4 rings (SSSR count). The van der Waals surface area contributed by atoms with Gasteiger partial charge in [0.2, 0.25) is 5.95 Å². The molecule has 156 valence electrons. The lowest BCUT2D eigenvalue weighted by molar-refractivity contribution is 0.0742. The largest absolute Gasteiger partial charge is 0.497 e. The van der Waals surface area contributed by atoms with E-state index in [4.69, 9.17) is 21.1 Å². The number of methoxy groups -OCH3 is 2. The molecule has 0 bridgehead atoms. The van der Waals surface area contributed by atoms with Gasteiger partial charge in [0.05, 0.1) is 25.5 Å². The Morgan fingerprint density at radius 3 is 2.57 bits per heavy atom. The summed E-state index contributed by atoms with van der Waals surface area (Å²) in [5.74, 6) is 2.08. The zero-order valence-electron chi connectivity index (χ0n) is 16.9. The van der Waals surface area contributed by atoms with Crippen molar-refractivity contribution in [1.82, 2.24) is 14.5 Å². The van der Waals surface area contributed by atoms with Gasteiger partial charge < -0.3 is 19.3 Å². The van der Waals surface area contributed by atoms with Crippen LogP contribution < -0.4 is 14.4 Å². The molecule has 1 aromatic heterocycles. The third kappa shape index (κ3) is 3.93. The van der Waals surface area contributed by atoms with Crippen LogP contribution >= 0.6 is 11.6 Å². The molecule has 2 heterocycles. The van der Waals surface area contributed by atoms with Crippen LogP contribution in [0.3, 0.4) is 0 Å². The van der Waals surface area contributed by atoms with Gasteiger partial charge >= 0.3 is 0 Å². The van der Waals surface area contributed by atoms with Crippen LogP contribution in [0.4, 0.5) is 5.95 Å². The lowest BCUT2D eigenvalue weighted by Crippen LogP contribution is -2.49. The first-order valence-corrected chi connectivity index (χ1v) is 10.0. The van der Waals surface area contributed by atoms with Gasteiger partial charge in [0, 0.05) is 49.7 Å². The molecule has 0 N–H and O–H groups in total. The maximum absolute atomic E-state index is 13.0. The third-order valence-electron chi connectivity index (χ3n) is 5.19. The normalized spacial score (nSPS) is 14.0. The third-order valence-corrected chi connectivity index (χ3v) is 5.43. The Labute approximate surface area is 180 Å². The Hall–Kier alpha value is -3.19. The summed E-state index contributed by atoms with van der Waals surface area (Å²) >= 11 is 6.09. The minimum absolute atomic E-state index is 0.0786. The summed E-state index contributed by atoms with van der Waals surface area (Å²) in [7, 11) is 3.20. The van der Waals surface area contributed by atoms with Crippen LogP contribution in [-0.4, -0.2) is 60.8 Å². The summed E-state index contributed by atoms with van der Waals surface area (Å²) in [4.78, 5) is 21.6. The van der Waals surface area contributed by atoms with Crippen LogP contribution in [0.5, 0.6) is 11.5 Å². The highest BCUT2D eigenvalue weighted by Gasteiger charge is 2.26. The lowest BCUT2D eigenvalue weighted by atomic mass is 10.1. The van der Waals surface area contributed by atoms with E-state index in [1.54, 1.807) is 38.6 Å². The molecule has 0 aliphatic carbocycles. The Morgan fingerprint density at radius 1 is 1.03 bits per heavy atom. The van der Waals surface area contributed by atoms with Gasteiger partial charge in [0.1, 0.15) is 11.5 Å². The van der Waals surface area contributed by atoms with Gasteiger partial charge in [-0.05, 0) is 30.3 Å². The van der Waals surface area contributed by atoms with E-state index in [0.29, 0.717) is 42.5 Å². The number of rotatable bonds is 5. The molecule has 0 radical (unpaired) electrons. The first kappa shape index (κ1) is 20.1. The Bertz CT molecular complexity index is 1040. The second-order valence-corrected chi connectivity index (χ2v) is 7.36. The zero-order valence-corrected chi connectivity index (χ0v) is 17.7. The molecule has 0 spiro atoms. The molecule has 0 saturated carbocycles. The lowest BCUT2D eigenvalue weighted by Gasteiger charge is -2.35. The van der Waals surface area contributed by atoms with Crippen LogP contribution in [0.2, 0.25) is 5.02 Å². The van der Waals surface area contributed by atoms with E-state index in [1.165, 1.54) is 0 Å². The molecule has 30 heavy (non-hydrogen) atoms. The fourth-order valence-corrected chi connectivity index (χ4v) is 3.79. The van der Waals surface area contributed by atoms with Crippen LogP contribution in [0.15, 0.2) is 54.9 Å². The maximum atomic E-state index is 13.0. The van der Waals surface area contributed by atoms with Crippen molar-refractivity contribution in [3.63, 3.8) is 0 Å². The Balaban J connectivity index is 1.49. The molecule has 1 aliphatic rings. The second-order valence-electron chi connectivity index (χ2n) is 6.92. The quantitative estimate of drug-likeness (QED) is 0.625. The standard InChI is InChI=1S/C22H23ClN4O3/c1-29-18-5-3-4-17(15-18)27-9-8-24-22(27)26-12-10-25(11-13-26)21(28)19-14-16(23)6-7-20(19)30-2/h3-9,14-15H,10-13H2,1-2H3. The van der Waals surface area contributed by atoms with Crippen LogP contribution in [-0.2, 0) is 0 Å². The number of benzene rings is 2. The van der Waals surface area contributed by atoms with E-state index in [9.17, 15) is 4.79 Å². The summed E-state index contributed by atoms with van der Waals surface area (Å²) in [5, 5.41) is 0.512. The number of imidazole rings is 1. The van der Waals surface area contributed by atoms with Crippen molar-refractivity contribution in [3.8, 4) is 17.2 Å². The molecule has 7 nitrogen and oxygen atoms in total. The van der Waals surface area contributed by atoms with Crippen LogP contribution in [0, 0.1) is 0 Å². The van der Waals surface area contributed by atoms with Gasteiger partial charge in [-0.25, -0.2) is 4.98 Å². The van der Waals surface area contributed by atoms with E-state index in [2.05, 4.69) is 9.88 Å². The molecule has 1 aliphatic heterocycles. The van der Waals surface area contributed by atoms with E-state index in [0.717, 1.165) is 17.4 Å². The van der Waals surface area contributed by atoms with Crippen molar-refractivity contribution in [2.24, 2.45) is 0 Å². The number of amides is 1. The summed E-state index contributed by atoms with van der Waals surface area (Å²) in [6, 6.07) is 12.9. The van der Waals surface area contributed by atoms with Crippen molar-refractivity contribution in [1.29, 1.82) is 0 Å². The monoisotopic (exact) mass is 426 g/mol. The van der Waals surface area contributed by atoms with Crippen LogP contribution in [0.1, 0.15) is 10.4 Å². The number of halogens is 1. The number of carbonyl (C=O) groups excluding carboxylic acids is 1. The Morgan fingerprint density at radius 2 is 1.83 bits per heavy atom. The van der Waals surface area contributed by atoms with Gasteiger partial charge in [-0.3, -0.25) is 9.36 Å². The molecule has 3 aromatic rings. The van der Waals surface area contributed by atoms with Crippen molar-refractivity contribution in [3.05, 3.63) is 65.4 Å². The minimum atomic E-state index is -0.0786. The number of ether oxygens (including phenoxy) is 2. The molecular formula is C22H23ClN4O3. The Kier molecular flexibility index (Phi) is 5.81. The highest BCUT2D eigenvalue weighted by atomic mass is 35.5. The van der Waals surface area contributed by atoms with Crippen LogP contribution in [0.25, 0.3) is 5.69 Å². The molecular weight excluding hydrogens is 404 g/mol. The van der Waals surface area contributed by atoms with E-state index < -0.39 is 0 Å². The van der Waals surface area contributed by atoms with Gasteiger partial charge in [-0.1, -0.05) is 17.7 Å². The van der Waals surface area contributed by atoms with E-state index >= 15 is 0 Å². The SMILES string of the molecule is COc1cccc(-n2ccnc2N2CCN(C(=O)c3cc(Cl)ccc3OC)CC2)c1. The van der Waals surface area contributed by atoms with Crippen molar-refractivity contribution in [2.45, 2.75) is 0 Å². The highest BCUT2D eigenvalue weighted by molar-refractivity contribution is 6.31. The number of piperazine rings is 1. The van der Waals surface area contributed by atoms with Crippen molar-refractivity contribution in [2.75, 3.05) is 45.3 Å². The fourth-order valence-electron chi connectivity index (χ4n) is 3.62. The predicted molar refractivity (Wildman–Crippen MR) is 116 cm³/mol. The molecule has 2 aromatic carbocycles. The van der Waals surface area contributed by atoms with Gasteiger partial charge in [-0.2, -0.15) is 0 Å². The average molecular weight is 427 g/mol. The summed E-state index contributed by atoms with van der Waals surface area (Å²) in [5.41, 5.74) is 1.46. The first-order chi connectivity index (χ1) is 14.6. The van der Waals surface area contributed by atoms with E-state index in [-0.39, 0.29) is 5.91 Å². The van der Waals surface area contributed by atoms with Gasteiger partial charge in [0.25, 0.3) is 5.91 Å². The smallest absolute Gasteiger partial charge is 0.257 e. The second kappa shape index (κ2) is 8.67. The van der Waals surface area contributed by atoms with E-state index in [1.807, 2.05) is 39.9 Å². The topological polar surface area (TPSA) is 59.8 Å². The van der Waals surface area contributed by atoms with Gasteiger partial charge in [0.15, 0.2) is 0 Å². The average Bonchev–Trinajstić information content (AvgIpc) is 3.29. The number of carbonyl (C=O) groups is 1. The number of nitrogens with zero attached hydrogens (tertiary/aromatic N) is 4. The minimum Gasteiger partial charge on any atom is -0.497 e. The van der Waals surface area contributed by atoms with Crippen molar-refractivity contribution >= 4 is 23.5 Å². The van der Waals surface area contributed by atoms with Gasteiger partial charge in [-0.15, -0.1) is 0 Å². The molecule has 1 saturated heterocycles. The number of hydrogen-bond acceptors (Lipinski definition) is 5. The molecule has 8 heteroatoms. The zero-order chi connectivity index (χ0) is 21.1. The molecule has 0 unspecified atom stereocenters. The molecule has 1 amide bonds. The molecule has 1 fully saturated rings. The molecule has 0 atom stereocenters. The fraction of sp³-hybridized carbons (Fsp3) is 0.273. The predicted octanol–water partition coefficient (Wildman–Crippen LogP) is 3.51. The number of aromatic nitrogens is 2. The highest BCUT2D eigenvalue weighted by Crippen LogP contribution is 2.26. The summed E-state index contributed by atoms with van der Waals surface area (Å²) < 4.78 is 12.7. The number of hydrogen-bond donors (Lipinski definition) is 0. The first-order valence-electron chi connectivity index (χ1n) is 9.66. The maximum Gasteiger partial charge on any atom is 0.257 e. The van der Waals surface area contributed by atoms with Crippen molar-refractivity contribution < 1.29 is 14.3 Å². The summed E-state index contributed by atoms with van der Waals surface area (Å²) in [6.45, 7) is 2.52.